The van der Waals surface area contributed by atoms with Crippen LogP contribution in [0.15, 0.2) is 35.4 Å². The highest BCUT2D eigenvalue weighted by Crippen LogP contribution is 2.35. The molecule has 0 unspecified atom stereocenters. The summed E-state index contributed by atoms with van der Waals surface area (Å²) in [6.45, 7) is 4.54. The van der Waals surface area contributed by atoms with Crippen molar-refractivity contribution in [2.75, 3.05) is 5.75 Å². The number of nitriles is 1. The number of rotatable bonds is 5. The number of aromatic nitrogens is 3. The molecule has 0 saturated carbocycles. The minimum atomic E-state index is -4.63. The van der Waals surface area contributed by atoms with Crippen LogP contribution in [0.1, 0.15) is 26.5 Å². The molecule has 0 N–H and O–H groups in total. The fraction of sp³-hybridized carbons (Fsp3) is 0.350. The smallest absolute Gasteiger partial charge is 0.433 e. The lowest BCUT2D eigenvalue weighted by Crippen LogP contribution is -2.25. The topological polar surface area (TPSA) is 97.9 Å². The maximum Gasteiger partial charge on any atom is 0.433 e. The molecule has 0 atom stereocenters. The van der Waals surface area contributed by atoms with Crippen LogP contribution in [0.2, 0.25) is 0 Å². The van der Waals surface area contributed by atoms with Crippen LogP contribution in [0.4, 0.5) is 13.2 Å². The van der Waals surface area contributed by atoms with E-state index in [0.29, 0.717) is 5.52 Å². The first kappa shape index (κ1) is 22.6. The molecule has 3 rings (SSSR count). The number of aryl methyl sites for hydroxylation is 1. The Morgan fingerprint density at radius 2 is 1.90 bits per heavy atom. The summed E-state index contributed by atoms with van der Waals surface area (Å²) in [6.07, 6.45) is -3.58. The first-order valence-corrected chi connectivity index (χ1v) is 10.8. The van der Waals surface area contributed by atoms with Crippen molar-refractivity contribution in [2.24, 2.45) is 7.05 Å². The van der Waals surface area contributed by atoms with Crippen molar-refractivity contribution in [1.82, 2.24) is 14.5 Å². The maximum absolute atomic E-state index is 13.0. The van der Waals surface area contributed by atoms with Crippen LogP contribution in [0.3, 0.4) is 0 Å². The molecule has 164 valence electrons. The largest absolute Gasteiger partial charge is 0.473 e. The summed E-state index contributed by atoms with van der Waals surface area (Å²) in [7, 11) is -2.20. The predicted molar refractivity (Wildman–Crippen MR) is 107 cm³/mol. The van der Waals surface area contributed by atoms with Gasteiger partial charge in [0, 0.05) is 12.6 Å². The molecular formula is C20H19F3N4O3S. The zero-order chi connectivity index (χ0) is 23.2. The Morgan fingerprint density at radius 1 is 1.23 bits per heavy atom. The summed E-state index contributed by atoms with van der Waals surface area (Å²) in [4.78, 5) is 7.60. The van der Waals surface area contributed by atoms with Crippen LogP contribution in [0, 0.1) is 11.3 Å². The quantitative estimate of drug-likeness (QED) is 0.577. The average Bonchev–Trinajstić information content (AvgIpc) is 3.03. The Kier molecular flexibility index (Phi) is 5.48. The third-order valence-electron chi connectivity index (χ3n) is 4.61. The Morgan fingerprint density at radius 3 is 2.48 bits per heavy atom. The number of alkyl halides is 3. The third kappa shape index (κ3) is 4.34. The van der Waals surface area contributed by atoms with E-state index in [0.717, 1.165) is 12.3 Å². The molecule has 31 heavy (non-hydrogen) atoms. The highest BCUT2D eigenvalue weighted by atomic mass is 32.2. The van der Waals surface area contributed by atoms with Gasteiger partial charge in [-0.15, -0.1) is 0 Å². The van der Waals surface area contributed by atoms with E-state index in [-0.39, 0.29) is 33.3 Å². The second-order valence-electron chi connectivity index (χ2n) is 7.34. The SMILES string of the molecule is CCS(=O)(=O)c1cc(OC(C)(C)C#N)ccc1-c1nc2cc(C(F)(F)F)ncc2n1C. The third-order valence-corrected chi connectivity index (χ3v) is 6.38. The average molecular weight is 452 g/mol. The van der Waals surface area contributed by atoms with E-state index >= 15 is 0 Å². The van der Waals surface area contributed by atoms with Crippen LogP contribution in [-0.2, 0) is 23.1 Å². The first-order chi connectivity index (χ1) is 14.3. The van der Waals surface area contributed by atoms with Gasteiger partial charge in [0.25, 0.3) is 0 Å². The zero-order valence-corrected chi connectivity index (χ0v) is 18.0. The van der Waals surface area contributed by atoms with Crippen LogP contribution >= 0.6 is 0 Å². The summed E-state index contributed by atoms with van der Waals surface area (Å²) in [5.74, 6) is 0.116. The van der Waals surface area contributed by atoms with Gasteiger partial charge in [-0.05, 0) is 38.1 Å². The van der Waals surface area contributed by atoms with Gasteiger partial charge in [0.2, 0.25) is 0 Å². The van der Waals surface area contributed by atoms with Crippen molar-refractivity contribution in [2.45, 2.75) is 37.4 Å². The van der Waals surface area contributed by atoms with Gasteiger partial charge in [0.1, 0.15) is 23.3 Å². The van der Waals surface area contributed by atoms with Gasteiger partial charge in [-0.25, -0.2) is 18.4 Å². The van der Waals surface area contributed by atoms with Gasteiger partial charge in [-0.3, -0.25) is 0 Å². The van der Waals surface area contributed by atoms with Crippen LogP contribution < -0.4 is 4.74 Å². The first-order valence-electron chi connectivity index (χ1n) is 9.16. The van der Waals surface area contributed by atoms with Crippen molar-refractivity contribution in [1.29, 1.82) is 5.26 Å². The molecule has 2 aromatic heterocycles. The molecule has 1 aromatic carbocycles. The summed E-state index contributed by atoms with van der Waals surface area (Å²) >= 11 is 0. The summed E-state index contributed by atoms with van der Waals surface area (Å²) < 4.78 is 71.6. The number of halogens is 3. The second kappa shape index (κ2) is 7.53. The fourth-order valence-electron chi connectivity index (χ4n) is 2.97. The number of sulfone groups is 1. The van der Waals surface area contributed by atoms with Gasteiger partial charge >= 0.3 is 6.18 Å². The van der Waals surface area contributed by atoms with E-state index in [9.17, 15) is 21.6 Å². The Balaban J connectivity index is 2.23. The number of ether oxygens (including phenoxy) is 1. The van der Waals surface area contributed by atoms with E-state index in [1.165, 1.54) is 43.5 Å². The predicted octanol–water partition coefficient (Wildman–Crippen LogP) is 4.13. The number of hydrogen-bond donors (Lipinski definition) is 0. The molecule has 0 bridgehead atoms. The van der Waals surface area contributed by atoms with Crippen molar-refractivity contribution in [3.63, 3.8) is 0 Å². The zero-order valence-electron chi connectivity index (χ0n) is 17.1. The van der Waals surface area contributed by atoms with Gasteiger partial charge in [-0.1, -0.05) is 6.92 Å². The van der Waals surface area contributed by atoms with Crippen molar-refractivity contribution in [3.8, 4) is 23.2 Å². The van der Waals surface area contributed by atoms with Gasteiger partial charge in [-0.2, -0.15) is 18.4 Å². The number of nitrogens with zero attached hydrogens (tertiary/aromatic N) is 4. The van der Waals surface area contributed by atoms with Gasteiger partial charge in [0.15, 0.2) is 15.4 Å². The lowest BCUT2D eigenvalue weighted by molar-refractivity contribution is -0.141. The molecule has 3 aromatic rings. The molecular weight excluding hydrogens is 433 g/mol. The summed E-state index contributed by atoms with van der Waals surface area (Å²) in [6, 6.07) is 7.03. The molecule has 0 radical (unpaired) electrons. The van der Waals surface area contributed by atoms with E-state index < -0.39 is 27.3 Å². The number of imidazole rings is 1. The molecule has 0 amide bonds. The molecule has 0 aliphatic carbocycles. The van der Waals surface area contributed by atoms with Crippen molar-refractivity contribution < 1.29 is 26.3 Å². The molecule has 2 heterocycles. The Labute approximate surface area is 177 Å². The minimum Gasteiger partial charge on any atom is -0.473 e. The van der Waals surface area contributed by atoms with Crippen LogP contribution in [0.5, 0.6) is 5.75 Å². The Bertz CT molecular complexity index is 1310. The molecule has 0 aliphatic rings. The monoisotopic (exact) mass is 452 g/mol. The van der Waals surface area contributed by atoms with E-state index in [1.54, 1.807) is 7.05 Å². The highest BCUT2D eigenvalue weighted by molar-refractivity contribution is 7.91. The highest BCUT2D eigenvalue weighted by Gasteiger charge is 2.33. The number of hydrogen-bond acceptors (Lipinski definition) is 6. The molecule has 11 heteroatoms. The van der Waals surface area contributed by atoms with Crippen LogP contribution in [0.25, 0.3) is 22.4 Å². The number of pyridine rings is 1. The lowest BCUT2D eigenvalue weighted by atomic mass is 10.1. The summed E-state index contributed by atoms with van der Waals surface area (Å²) in [5, 5.41) is 9.17. The molecule has 0 saturated heterocycles. The molecule has 0 spiro atoms. The second-order valence-corrected chi connectivity index (χ2v) is 9.58. The normalized spacial score (nSPS) is 12.7. The van der Waals surface area contributed by atoms with Gasteiger partial charge in [0.05, 0.1) is 27.9 Å². The van der Waals surface area contributed by atoms with Gasteiger partial charge < -0.3 is 9.30 Å². The van der Waals surface area contributed by atoms with Crippen molar-refractivity contribution >= 4 is 20.9 Å². The van der Waals surface area contributed by atoms with E-state index in [1.807, 2.05) is 6.07 Å². The number of fused-ring (bicyclic) bond motifs is 1. The minimum absolute atomic E-state index is 0.0330. The van der Waals surface area contributed by atoms with E-state index in [2.05, 4.69) is 9.97 Å². The standard InChI is InChI=1S/C20H19F3N4O3S/c1-5-31(28,29)16-8-12(30-19(2,3)11-24)6-7-13(16)18-26-14-9-17(20(21,22)23)25-10-15(14)27(18)4/h6-10H,5H2,1-4H3. The van der Waals surface area contributed by atoms with Crippen molar-refractivity contribution in [3.05, 3.63) is 36.2 Å². The summed E-state index contributed by atoms with van der Waals surface area (Å²) in [5.41, 5.74) is -1.73. The maximum atomic E-state index is 13.0. The lowest BCUT2D eigenvalue weighted by Gasteiger charge is -2.19. The molecule has 7 nitrogen and oxygen atoms in total. The van der Waals surface area contributed by atoms with Crippen LogP contribution in [-0.4, -0.2) is 34.3 Å². The Hall–Kier alpha value is -3.13. The number of benzene rings is 1. The fourth-order valence-corrected chi connectivity index (χ4v) is 4.07. The molecule has 0 fully saturated rings. The molecule has 0 aliphatic heterocycles. The van der Waals surface area contributed by atoms with E-state index in [4.69, 9.17) is 10.00 Å².